The standard InChI is InChI=1S/C42H29NO/c1-4-12-30(13-5-1)31-20-24-35(25-21-31)43(34-16-8-3-9-17-34)36-26-22-32(23-27-36)37-28-29-39-38-18-10-11-19-40(38)44-42(39)41(37)33-14-6-2-7-15-33/h1-29H. The summed E-state index contributed by atoms with van der Waals surface area (Å²) in [4.78, 5) is 2.30. The Kier molecular flexibility index (Phi) is 6.51. The highest BCUT2D eigenvalue weighted by molar-refractivity contribution is 6.12. The highest BCUT2D eigenvalue weighted by Gasteiger charge is 2.18. The third-order valence-electron chi connectivity index (χ3n) is 8.29. The largest absolute Gasteiger partial charge is 0.455 e. The molecular weight excluding hydrogens is 534 g/mol. The predicted molar refractivity (Wildman–Crippen MR) is 185 cm³/mol. The molecule has 0 saturated carbocycles. The fourth-order valence-corrected chi connectivity index (χ4v) is 6.17. The topological polar surface area (TPSA) is 16.4 Å². The normalized spacial score (nSPS) is 11.2. The summed E-state index contributed by atoms with van der Waals surface area (Å²) in [5.74, 6) is 0. The van der Waals surface area contributed by atoms with Gasteiger partial charge in [0.2, 0.25) is 0 Å². The molecule has 0 atom stereocenters. The van der Waals surface area contributed by atoms with Crippen LogP contribution in [0.2, 0.25) is 0 Å². The van der Waals surface area contributed by atoms with E-state index in [1.165, 1.54) is 11.1 Å². The van der Waals surface area contributed by atoms with Gasteiger partial charge in [0.05, 0.1) is 0 Å². The predicted octanol–water partition coefficient (Wildman–Crippen LogP) is 12.1. The van der Waals surface area contributed by atoms with Crippen molar-refractivity contribution in [2.75, 3.05) is 4.90 Å². The maximum Gasteiger partial charge on any atom is 0.143 e. The van der Waals surface area contributed by atoms with Crippen LogP contribution in [0.1, 0.15) is 0 Å². The first-order valence-corrected chi connectivity index (χ1v) is 14.9. The van der Waals surface area contributed by atoms with Crippen LogP contribution in [0.15, 0.2) is 180 Å². The number of para-hydroxylation sites is 2. The molecule has 2 nitrogen and oxygen atoms in total. The lowest BCUT2D eigenvalue weighted by molar-refractivity contribution is 0.670. The average Bonchev–Trinajstić information content (AvgIpc) is 3.49. The molecule has 7 aromatic carbocycles. The molecule has 2 heteroatoms. The molecule has 8 rings (SSSR count). The second kappa shape index (κ2) is 11.1. The van der Waals surface area contributed by atoms with E-state index in [0.29, 0.717) is 0 Å². The van der Waals surface area contributed by atoms with Crippen LogP contribution in [0.3, 0.4) is 0 Å². The summed E-state index contributed by atoms with van der Waals surface area (Å²) < 4.78 is 6.51. The number of hydrogen-bond donors (Lipinski definition) is 0. The van der Waals surface area contributed by atoms with Crippen molar-refractivity contribution in [3.8, 4) is 33.4 Å². The van der Waals surface area contributed by atoms with Crippen LogP contribution in [0.25, 0.3) is 55.3 Å². The number of furan rings is 1. The van der Waals surface area contributed by atoms with E-state index in [2.05, 4.69) is 169 Å². The summed E-state index contributed by atoms with van der Waals surface area (Å²) in [5.41, 5.74) is 12.1. The highest BCUT2D eigenvalue weighted by Crippen LogP contribution is 2.43. The number of rotatable bonds is 6. The third-order valence-corrected chi connectivity index (χ3v) is 8.29. The van der Waals surface area contributed by atoms with Gasteiger partial charge in [0.1, 0.15) is 11.2 Å². The van der Waals surface area contributed by atoms with E-state index in [4.69, 9.17) is 4.42 Å². The Balaban J connectivity index is 1.23. The Morgan fingerprint density at radius 2 is 0.841 bits per heavy atom. The molecule has 0 fully saturated rings. The first-order valence-electron chi connectivity index (χ1n) is 14.9. The Morgan fingerprint density at radius 3 is 1.50 bits per heavy atom. The number of nitrogens with zero attached hydrogens (tertiary/aromatic N) is 1. The van der Waals surface area contributed by atoms with Gasteiger partial charge in [-0.1, -0.05) is 127 Å². The molecule has 0 radical (unpaired) electrons. The molecule has 0 bridgehead atoms. The van der Waals surface area contributed by atoms with E-state index in [9.17, 15) is 0 Å². The molecule has 0 spiro atoms. The SMILES string of the molecule is c1ccc(-c2ccc(N(c3ccccc3)c3ccc(-c4ccc5c(oc6ccccc65)c4-c4ccccc4)cc3)cc2)cc1. The lowest BCUT2D eigenvalue weighted by atomic mass is 9.92. The van der Waals surface area contributed by atoms with Crippen molar-refractivity contribution in [1.82, 2.24) is 0 Å². The Morgan fingerprint density at radius 1 is 0.341 bits per heavy atom. The second-order valence-electron chi connectivity index (χ2n) is 11.0. The fourth-order valence-electron chi connectivity index (χ4n) is 6.17. The van der Waals surface area contributed by atoms with E-state index < -0.39 is 0 Å². The van der Waals surface area contributed by atoms with Crippen LogP contribution in [-0.4, -0.2) is 0 Å². The van der Waals surface area contributed by atoms with E-state index in [1.54, 1.807) is 0 Å². The molecule has 0 aliphatic heterocycles. The van der Waals surface area contributed by atoms with Gasteiger partial charge in [-0.05, 0) is 76.3 Å². The molecule has 0 N–H and O–H groups in total. The molecule has 0 amide bonds. The van der Waals surface area contributed by atoms with Gasteiger partial charge < -0.3 is 9.32 Å². The van der Waals surface area contributed by atoms with Crippen molar-refractivity contribution in [1.29, 1.82) is 0 Å². The highest BCUT2D eigenvalue weighted by atomic mass is 16.3. The summed E-state index contributed by atoms with van der Waals surface area (Å²) in [6.45, 7) is 0. The van der Waals surface area contributed by atoms with Crippen LogP contribution in [0, 0.1) is 0 Å². The van der Waals surface area contributed by atoms with Crippen LogP contribution >= 0.6 is 0 Å². The summed E-state index contributed by atoms with van der Waals surface area (Å²) >= 11 is 0. The Hall–Kier alpha value is -5.86. The average molecular weight is 564 g/mol. The number of benzene rings is 7. The van der Waals surface area contributed by atoms with Crippen molar-refractivity contribution >= 4 is 39.0 Å². The minimum atomic E-state index is 0.906. The molecule has 0 aliphatic rings. The monoisotopic (exact) mass is 563 g/mol. The van der Waals surface area contributed by atoms with E-state index in [-0.39, 0.29) is 0 Å². The van der Waals surface area contributed by atoms with Crippen molar-refractivity contribution < 1.29 is 4.42 Å². The van der Waals surface area contributed by atoms with Crippen LogP contribution < -0.4 is 4.90 Å². The Bertz CT molecular complexity index is 2180. The van der Waals surface area contributed by atoms with Crippen LogP contribution in [0.5, 0.6) is 0 Å². The maximum atomic E-state index is 6.51. The van der Waals surface area contributed by atoms with Gasteiger partial charge in [-0.15, -0.1) is 0 Å². The first kappa shape index (κ1) is 25.8. The zero-order valence-electron chi connectivity index (χ0n) is 24.1. The van der Waals surface area contributed by atoms with Crippen molar-refractivity contribution in [3.05, 3.63) is 176 Å². The number of fused-ring (bicyclic) bond motifs is 3. The van der Waals surface area contributed by atoms with Crippen molar-refractivity contribution in [2.24, 2.45) is 0 Å². The summed E-state index contributed by atoms with van der Waals surface area (Å²) in [6.07, 6.45) is 0. The Labute approximate surface area is 257 Å². The third kappa shape index (κ3) is 4.63. The lowest BCUT2D eigenvalue weighted by Gasteiger charge is -2.26. The van der Waals surface area contributed by atoms with Crippen molar-refractivity contribution in [3.63, 3.8) is 0 Å². The van der Waals surface area contributed by atoms with Crippen LogP contribution in [0.4, 0.5) is 17.1 Å². The van der Waals surface area contributed by atoms with Gasteiger partial charge in [0.15, 0.2) is 0 Å². The van der Waals surface area contributed by atoms with E-state index in [0.717, 1.165) is 61.3 Å². The van der Waals surface area contributed by atoms with Crippen molar-refractivity contribution in [2.45, 2.75) is 0 Å². The quantitative estimate of drug-likeness (QED) is 0.200. The molecule has 0 aliphatic carbocycles. The van der Waals surface area contributed by atoms with Gasteiger partial charge in [0.25, 0.3) is 0 Å². The molecule has 8 aromatic rings. The van der Waals surface area contributed by atoms with Gasteiger partial charge in [-0.3, -0.25) is 0 Å². The van der Waals surface area contributed by atoms with Gasteiger partial charge in [-0.2, -0.15) is 0 Å². The molecule has 44 heavy (non-hydrogen) atoms. The van der Waals surface area contributed by atoms with E-state index >= 15 is 0 Å². The van der Waals surface area contributed by atoms with Gasteiger partial charge in [-0.25, -0.2) is 0 Å². The van der Waals surface area contributed by atoms with Gasteiger partial charge >= 0.3 is 0 Å². The molecule has 0 saturated heterocycles. The molecule has 0 unspecified atom stereocenters. The zero-order chi connectivity index (χ0) is 29.3. The van der Waals surface area contributed by atoms with Gasteiger partial charge in [0, 0.05) is 33.4 Å². The molecule has 1 aromatic heterocycles. The summed E-state index contributed by atoms with van der Waals surface area (Å²) in [6, 6.07) is 62.0. The maximum absolute atomic E-state index is 6.51. The smallest absolute Gasteiger partial charge is 0.143 e. The zero-order valence-corrected chi connectivity index (χ0v) is 24.1. The minimum Gasteiger partial charge on any atom is -0.455 e. The van der Waals surface area contributed by atoms with E-state index in [1.807, 2.05) is 12.1 Å². The molecular formula is C42H29NO. The summed E-state index contributed by atoms with van der Waals surface area (Å²) in [7, 11) is 0. The molecule has 208 valence electrons. The lowest BCUT2D eigenvalue weighted by Crippen LogP contribution is -2.09. The fraction of sp³-hybridized carbons (Fsp3) is 0. The second-order valence-corrected chi connectivity index (χ2v) is 11.0. The van der Waals surface area contributed by atoms with Crippen LogP contribution in [-0.2, 0) is 0 Å². The number of hydrogen-bond acceptors (Lipinski definition) is 2. The molecule has 1 heterocycles. The number of anilines is 3. The minimum absolute atomic E-state index is 0.906. The first-order chi connectivity index (χ1) is 21.8. The summed E-state index contributed by atoms with van der Waals surface area (Å²) in [5, 5.41) is 2.27.